The van der Waals surface area contributed by atoms with Gasteiger partial charge >= 0.3 is 6.18 Å². The van der Waals surface area contributed by atoms with Crippen molar-refractivity contribution >= 4 is 92.7 Å². The lowest BCUT2D eigenvalue weighted by Gasteiger charge is -2.10. The molecule has 0 saturated carbocycles. The van der Waals surface area contributed by atoms with Gasteiger partial charge in [0.25, 0.3) is 11.4 Å². The molecule has 2 aliphatic rings. The Bertz CT molecular complexity index is 2380. The fourth-order valence-electron chi connectivity index (χ4n) is 4.89. The fraction of sp³-hybridized carbons (Fsp3) is 0.135. The third kappa shape index (κ3) is 13.4. The maximum Gasteiger partial charge on any atom is 0.416 e. The molecule has 4 N–H and O–H groups in total. The van der Waals surface area contributed by atoms with Crippen molar-refractivity contribution in [3.63, 3.8) is 0 Å². The van der Waals surface area contributed by atoms with E-state index >= 15 is 0 Å². The van der Waals surface area contributed by atoms with E-state index in [1.165, 1.54) is 61.0 Å². The minimum atomic E-state index is -4.54. The number of nitro groups is 2. The molecule has 0 radical (unpaired) electrons. The Morgan fingerprint density at radius 3 is 1.53 bits per heavy atom. The van der Waals surface area contributed by atoms with E-state index in [-0.39, 0.29) is 46.9 Å². The molecule has 2 fully saturated rings. The second kappa shape index (κ2) is 20.4. The average Bonchev–Trinajstić information content (AvgIpc) is 3.74. The Labute approximate surface area is 345 Å². The molecule has 23 heteroatoms. The van der Waals surface area contributed by atoms with Crippen molar-refractivity contribution < 1.29 is 42.2 Å². The van der Waals surface area contributed by atoms with Gasteiger partial charge in [0.1, 0.15) is 10.5 Å². The molecule has 0 spiro atoms. The van der Waals surface area contributed by atoms with Crippen molar-refractivity contribution in [3.05, 3.63) is 140 Å². The number of nitro benzene ring substituents is 2. The molecule has 6 rings (SSSR count). The molecule has 4 aromatic carbocycles. The second-order valence-corrected chi connectivity index (χ2v) is 14.5. The number of anilines is 2. The molecule has 2 heterocycles. The molecule has 60 heavy (non-hydrogen) atoms. The van der Waals surface area contributed by atoms with Gasteiger partial charge in [-0.2, -0.15) is 23.4 Å². The Kier molecular flexibility index (Phi) is 14.9. The zero-order valence-corrected chi connectivity index (χ0v) is 32.1. The number of nitrogens with one attached hydrogen (secondary N) is 4. The van der Waals surface area contributed by atoms with Crippen LogP contribution in [0.15, 0.2) is 124 Å². The van der Waals surface area contributed by atoms with E-state index in [1.54, 1.807) is 36.4 Å². The highest BCUT2D eigenvalue weighted by atomic mass is 32.2. The maximum atomic E-state index is 12.8. The van der Waals surface area contributed by atoms with Gasteiger partial charge in [0, 0.05) is 48.5 Å². The van der Waals surface area contributed by atoms with Crippen LogP contribution in [-0.2, 0) is 25.4 Å². The third-order valence-electron chi connectivity index (χ3n) is 7.74. The summed E-state index contributed by atoms with van der Waals surface area (Å²) in [5, 5.41) is 45.8. The molecule has 18 nitrogen and oxygen atoms in total. The van der Waals surface area contributed by atoms with Crippen LogP contribution in [0, 0.1) is 20.2 Å². The molecule has 0 bridgehead atoms. The van der Waals surface area contributed by atoms with Crippen molar-refractivity contribution in [1.82, 2.24) is 10.6 Å². The van der Waals surface area contributed by atoms with Crippen LogP contribution >= 0.6 is 23.5 Å². The molecule has 2 saturated heterocycles. The number of rotatable bonds is 12. The lowest BCUT2D eigenvalue weighted by molar-refractivity contribution is -0.385. The van der Waals surface area contributed by atoms with Gasteiger partial charge in [-0.25, -0.2) is 0 Å². The molecule has 4 aromatic rings. The lowest BCUT2D eigenvalue weighted by atomic mass is 10.2. The largest absolute Gasteiger partial charge is 0.416 e. The number of halogens is 3. The number of non-ortho nitro benzene ring substituents is 2. The summed E-state index contributed by atoms with van der Waals surface area (Å²) >= 11 is 2.08. The minimum absolute atomic E-state index is 0.0104. The normalized spacial score (nSPS) is 17.6. The van der Waals surface area contributed by atoms with Gasteiger partial charge in [-0.15, -0.1) is 10.2 Å². The summed E-state index contributed by atoms with van der Waals surface area (Å²) in [5.41, 5.74) is 0.822. The van der Waals surface area contributed by atoms with Gasteiger partial charge in [0.05, 0.1) is 27.8 Å². The van der Waals surface area contributed by atoms with Crippen LogP contribution in [0.1, 0.15) is 29.5 Å². The monoisotopic (exact) mass is 862 g/mol. The minimum Gasteiger partial charge on any atom is -0.326 e. The predicted octanol–water partition coefficient (Wildman–Crippen LogP) is 6.11. The van der Waals surface area contributed by atoms with Crippen molar-refractivity contribution in [2.45, 2.75) is 29.5 Å². The summed E-state index contributed by atoms with van der Waals surface area (Å²) in [6.45, 7) is 0. The van der Waals surface area contributed by atoms with E-state index < -0.39 is 43.9 Å². The van der Waals surface area contributed by atoms with Crippen molar-refractivity contribution in [2.75, 3.05) is 10.6 Å². The van der Waals surface area contributed by atoms with Gasteiger partial charge in [-0.05, 0) is 65.7 Å². The number of thioether (sulfide) groups is 2. The zero-order valence-electron chi connectivity index (χ0n) is 30.4. The Morgan fingerprint density at radius 1 is 0.667 bits per heavy atom. The summed E-state index contributed by atoms with van der Waals surface area (Å²) in [6, 6.07) is 24.5. The summed E-state index contributed by atoms with van der Waals surface area (Å²) in [4.78, 5) is 68.5. The fourth-order valence-corrected chi connectivity index (χ4v) is 6.74. The molecular weight excluding hydrogens is 834 g/mol. The van der Waals surface area contributed by atoms with E-state index in [2.05, 4.69) is 41.7 Å². The topological polar surface area (TPSA) is 252 Å². The van der Waals surface area contributed by atoms with Crippen LogP contribution in [0.5, 0.6) is 0 Å². The Hall–Kier alpha value is -7.27. The molecule has 2 atom stereocenters. The number of para-hydroxylation sites is 1. The standard InChI is InChI=1S/C19H14F3N5O4S.C18H15N5O4S/c20-19(21,22)12-2-1-3-13(8-12)24-16(28)9-15-17(29)25-18(32-15)26-23-10-11-4-6-14(7-5-11)27(30)31;24-16(20-13-4-2-1-3-5-13)10-15-17(25)21-18(28-15)22-19-11-12-6-8-14(9-7-12)23(26)27/h1-8,10,15H,9H2,(H,24,28)(H,25,26,29);1-9,11,15H,10H2,(H,20,24)(H,21,22,25)/b23-10+;19-11+. The summed E-state index contributed by atoms with van der Waals surface area (Å²) in [5.74, 6) is -1.70. The number of amidine groups is 2. The van der Waals surface area contributed by atoms with E-state index in [9.17, 15) is 52.6 Å². The van der Waals surface area contributed by atoms with Gasteiger partial charge in [0.15, 0.2) is 10.3 Å². The molecule has 2 aliphatic heterocycles. The maximum absolute atomic E-state index is 12.8. The number of carbonyl (C=O) groups is 4. The van der Waals surface area contributed by atoms with Gasteiger partial charge < -0.3 is 21.3 Å². The first-order valence-corrected chi connectivity index (χ1v) is 18.9. The van der Waals surface area contributed by atoms with Gasteiger partial charge in [0.2, 0.25) is 23.6 Å². The van der Waals surface area contributed by atoms with Crippen LogP contribution in [0.4, 0.5) is 35.9 Å². The number of amides is 4. The number of hydrogen-bond donors (Lipinski definition) is 4. The van der Waals surface area contributed by atoms with Crippen LogP contribution in [-0.4, -0.2) is 66.7 Å². The van der Waals surface area contributed by atoms with E-state index in [0.29, 0.717) is 22.0 Å². The summed E-state index contributed by atoms with van der Waals surface area (Å²) in [6.07, 6.45) is -2.06. The number of hydrogen-bond acceptors (Lipinski definition) is 14. The van der Waals surface area contributed by atoms with Crippen molar-refractivity contribution in [1.29, 1.82) is 0 Å². The summed E-state index contributed by atoms with van der Waals surface area (Å²) in [7, 11) is 0. The highest BCUT2D eigenvalue weighted by Gasteiger charge is 2.34. The quantitative estimate of drug-likeness (QED) is 0.0722. The lowest BCUT2D eigenvalue weighted by Crippen LogP contribution is -2.28. The van der Waals surface area contributed by atoms with E-state index in [0.717, 1.165) is 35.7 Å². The van der Waals surface area contributed by atoms with Gasteiger partial charge in [-0.1, -0.05) is 47.8 Å². The number of alkyl halides is 3. The van der Waals surface area contributed by atoms with E-state index in [1.807, 2.05) is 6.07 Å². The average molecular weight is 863 g/mol. The molecule has 4 amide bonds. The highest BCUT2D eigenvalue weighted by Crippen LogP contribution is 2.31. The Balaban J connectivity index is 0.000000230. The van der Waals surface area contributed by atoms with Crippen molar-refractivity contribution in [2.24, 2.45) is 20.4 Å². The smallest absolute Gasteiger partial charge is 0.326 e. The molecular formula is C37H29F3N10O8S2. The van der Waals surface area contributed by atoms with E-state index in [4.69, 9.17) is 0 Å². The number of benzene rings is 4. The zero-order chi connectivity index (χ0) is 43.2. The Morgan fingerprint density at radius 2 is 1.10 bits per heavy atom. The molecule has 308 valence electrons. The third-order valence-corrected chi connectivity index (χ3v) is 9.89. The van der Waals surface area contributed by atoms with Crippen LogP contribution < -0.4 is 21.3 Å². The van der Waals surface area contributed by atoms with Gasteiger partial charge in [-0.3, -0.25) is 39.4 Å². The first kappa shape index (κ1) is 43.8. The van der Waals surface area contributed by atoms with Crippen LogP contribution in [0.3, 0.4) is 0 Å². The summed E-state index contributed by atoms with van der Waals surface area (Å²) < 4.78 is 38.3. The van der Waals surface area contributed by atoms with Crippen molar-refractivity contribution in [3.8, 4) is 0 Å². The predicted molar refractivity (Wildman–Crippen MR) is 220 cm³/mol. The molecule has 0 aliphatic carbocycles. The second-order valence-electron chi connectivity index (χ2n) is 12.1. The first-order valence-electron chi connectivity index (χ1n) is 17.1. The number of nitrogens with zero attached hydrogens (tertiary/aromatic N) is 6. The highest BCUT2D eigenvalue weighted by molar-refractivity contribution is 8.16. The van der Waals surface area contributed by atoms with Crippen LogP contribution in [0.2, 0.25) is 0 Å². The SMILES string of the molecule is O=C(CC1S/C(=N/N=C/c2ccc([N+](=O)[O-])cc2)NC1=O)Nc1cccc(C(F)(F)F)c1.O=C(CC1S/C(=N/N=C/c2ccc([N+](=O)[O-])cc2)NC1=O)Nc1ccccc1. The molecule has 2 unspecified atom stereocenters. The van der Waals surface area contributed by atoms with Crippen LogP contribution in [0.25, 0.3) is 0 Å². The molecule has 0 aromatic heterocycles. The first-order chi connectivity index (χ1) is 28.6. The number of carbonyl (C=O) groups excluding carboxylic acids is 4.